The first-order chi connectivity index (χ1) is 8.54. The van der Waals surface area contributed by atoms with Gasteiger partial charge in [0.25, 0.3) is 0 Å². The quantitative estimate of drug-likeness (QED) is 0.181. The van der Waals surface area contributed by atoms with Crippen molar-refractivity contribution in [2.45, 2.75) is 54.0 Å². The molecule has 0 spiro atoms. The minimum atomic E-state index is 0. The van der Waals surface area contributed by atoms with Gasteiger partial charge in [-0.25, -0.2) is 0 Å². The molecule has 1 nitrogen and oxygen atoms in total. The Labute approximate surface area is 172 Å². The topological polar surface area (TPSA) is 9.23 Å². The van der Waals surface area contributed by atoms with Gasteiger partial charge in [-0.2, -0.15) is 0 Å². The summed E-state index contributed by atoms with van der Waals surface area (Å²) < 4.78 is 5.70. The molecule has 7 heteroatoms. The van der Waals surface area contributed by atoms with Crippen LogP contribution in [0.5, 0.6) is 0 Å². The molecular formula is C12H25Br3Cl2MgO. The second-order valence-corrected chi connectivity index (χ2v) is 9.09. The first-order valence-corrected chi connectivity index (χ1v) is 10.1. The third-order valence-corrected chi connectivity index (χ3v) is 3.27. The fourth-order valence-electron chi connectivity index (χ4n) is 1.11. The summed E-state index contributed by atoms with van der Waals surface area (Å²) in [5, 5.41) is 1.06. The number of hydrogen-bond donors (Lipinski definition) is 0. The molecule has 0 heterocycles. The molecule has 0 N–H and O–H groups in total. The van der Waals surface area contributed by atoms with Crippen LogP contribution in [0.15, 0.2) is 0 Å². The summed E-state index contributed by atoms with van der Waals surface area (Å²) in [6, 6.07) is 0. The minimum absolute atomic E-state index is 0. The van der Waals surface area contributed by atoms with Crippen molar-refractivity contribution in [2.24, 2.45) is 0 Å². The standard InChI is InChI=1S/C10H18Br2Cl2O.C2H5Br.Mg.2H/c11-9(13)5-1-3-7-15-8-4-2-6-10(12)14;1-2-3;;;/h9-10H,1-8H2;2H2,1H3;;;/q;;+2;2*-1. The molecule has 2 atom stereocenters. The van der Waals surface area contributed by atoms with Gasteiger partial charge in [0, 0.05) is 18.5 Å². The Hall–Kier alpha value is 2.75. The summed E-state index contributed by atoms with van der Waals surface area (Å²) in [5.74, 6) is 0. The summed E-state index contributed by atoms with van der Waals surface area (Å²) in [7, 11) is 0. The van der Waals surface area contributed by atoms with E-state index in [1.165, 1.54) is 0 Å². The molecular weight excluding hydrogens is 495 g/mol. The molecule has 19 heavy (non-hydrogen) atoms. The van der Waals surface area contributed by atoms with E-state index < -0.39 is 0 Å². The molecule has 2 unspecified atom stereocenters. The molecule has 0 aliphatic heterocycles. The van der Waals surface area contributed by atoms with Crippen LogP contribution in [0.25, 0.3) is 0 Å². The largest absolute Gasteiger partial charge is 2.00 e. The Morgan fingerprint density at radius 3 is 1.53 bits per heavy atom. The van der Waals surface area contributed by atoms with Crippen molar-refractivity contribution in [2.75, 3.05) is 18.5 Å². The number of ether oxygens (including phenoxy) is 1. The van der Waals surface area contributed by atoms with E-state index in [1.807, 2.05) is 6.92 Å². The SMILES string of the molecule is CCBr.ClC(Br)CCCCOCCCCC(Cl)Br.[H-].[H-].[Mg+2]. The molecule has 116 valence electrons. The van der Waals surface area contributed by atoms with Crippen LogP contribution in [0.4, 0.5) is 0 Å². The van der Waals surface area contributed by atoms with Crippen molar-refractivity contribution in [3.05, 3.63) is 0 Å². The maximum atomic E-state index is 5.75. The molecule has 0 rings (SSSR count). The van der Waals surface area contributed by atoms with Gasteiger partial charge in [0.05, 0.1) is 8.57 Å². The molecule has 0 aromatic rings. The summed E-state index contributed by atoms with van der Waals surface area (Å²) in [4.78, 5) is 0. The van der Waals surface area contributed by atoms with E-state index in [0.717, 1.165) is 57.1 Å². The Balaban J connectivity index is -0.000000130. The van der Waals surface area contributed by atoms with Crippen LogP contribution in [0.3, 0.4) is 0 Å². The summed E-state index contributed by atoms with van der Waals surface area (Å²) >= 11 is 21.2. The summed E-state index contributed by atoms with van der Waals surface area (Å²) in [6.07, 6.45) is 6.41. The predicted octanol–water partition coefficient (Wildman–Crippen LogP) is 6.51. The minimum Gasteiger partial charge on any atom is -1.00 e. The summed E-state index contributed by atoms with van der Waals surface area (Å²) in [5.41, 5.74) is 0. The molecule has 0 aliphatic carbocycles. The van der Waals surface area contributed by atoms with Crippen LogP contribution in [-0.4, -0.2) is 50.2 Å². The van der Waals surface area contributed by atoms with Gasteiger partial charge in [-0.3, -0.25) is 0 Å². The van der Waals surface area contributed by atoms with E-state index in [4.69, 9.17) is 27.9 Å². The Morgan fingerprint density at radius 1 is 0.947 bits per heavy atom. The molecule has 0 saturated carbocycles. The predicted molar refractivity (Wildman–Crippen MR) is 103 cm³/mol. The fourth-order valence-corrected chi connectivity index (χ4v) is 2.06. The van der Waals surface area contributed by atoms with E-state index in [9.17, 15) is 0 Å². The van der Waals surface area contributed by atoms with Crippen molar-refractivity contribution >= 4 is 94.0 Å². The Kier molecular flexibility index (Phi) is 32.3. The van der Waals surface area contributed by atoms with Gasteiger partial charge in [-0.05, 0) is 38.5 Å². The Morgan fingerprint density at radius 2 is 1.26 bits per heavy atom. The Bertz CT molecular complexity index is 150. The molecule has 0 radical (unpaired) electrons. The van der Waals surface area contributed by atoms with Crippen LogP contribution in [0.1, 0.15) is 48.3 Å². The van der Waals surface area contributed by atoms with Crippen LogP contribution >= 0.6 is 71.0 Å². The third kappa shape index (κ3) is 33.5. The maximum Gasteiger partial charge on any atom is 2.00 e. The average molecular weight is 520 g/mol. The fraction of sp³-hybridized carbons (Fsp3) is 1.00. The van der Waals surface area contributed by atoms with Crippen molar-refractivity contribution in [1.82, 2.24) is 0 Å². The summed E-state index contributed by atoms with van der Waals surface area (Å²) in [6.45, 7) is 3.73. The second kappa shape index (κ2) is 23.0. The zero-order chi connectivity index (χ0) is 14.2. The molecule has 0 amide bonds. The van der Waals surface area contributed by atoms with E-state index >= 15 is 0 Å². The van der Waals surface area contributed by atoms with Crippen molar-refractivity contribution in [3.63, 3.8) is 0 Å². The van der Waals surface area contributed by atoms with Crippen molar-refractivity contribution < 1.29 is 7.59 Å². The molecule has 0 aliphatic rings. The van der Waals surface area contributed by atoms with E-state index in [0.29, 0.717) is 0 Å². The molecule has 0 fully saturated rings. The van der Waals surface area contributed by atoms with Crippen molar-refractivity contribution in [3.8, 4) is 0 Å². The van der Waals surface area contributed by atoms with Gasteiger partial charge in [0.1, 0.15) is 0 Å². The molecule has 0 aromatic carbocycles. The second-order valence-electron chi connectivity index (χ2n) is 3.65. The monoisotopic (exact) mass is 516 g/mol. The van der Waals surface area contributed by atoms with Gasteiger partial charge in [-0.15, -0.1) is 23.2 Å². The number of rotatable bonds is 10. The normalized spacial score (nSPS) is 12.9. The van der Waals surface area contributed by atoms with Crippen molar-refractivity contribution in [1.29, 1.82) is 0 Å². The number of hydrogen-bond acceptors (Lipinski definition) is 1. The molecule has 0 saturated heterocycles. The van der Waals surface area contributed by atoms with E-state index in [2.05, 4.69) is 47.8 Å². The van der Waals surface area contributed by atoms with E-state index in [-0.39, 0.29) is 34.5 Å². The zero-order valence-electron chi connectivity index (χ0n) is 13.5. The number of unbranched alkanes of at least 4 members (excludes halogenated alkanes) is 2. The maximum absolute atomic E-state index is 5.75. The molecule has 0 aromatic heterocycles. The molecule has 0 bridgehead atoms. The van der Waals surface area contributed by atoms with Gasteiger partial charge in [0.15, 0.2) is 0 Å². The van der Waals surface area contributed by atoms with Crippen LogP contribution in [0.2, 0.25) is 0 Å². The van der Waals surface area contributed by atoms with Crippen LogP contribution < -0.4 is 0 Å². The zero-order valence-corrected chi connectivity index (χ0v) is 19.2. The average Bonchev–Trinajstić information content (AvgIpc) is 2.27. The number of halogens is 5. The van der Waals surface area contributed by atoms with E-state index in [1.54, 1.807) is 0 Å². The number of alkyl halides is 5. The first kappa shape index (κ1) is 26.6. The van der Waals surface area contributed by atoms with Gasteiger partial charge in [-0.1, -0.05) is 54.7 Å². The van der Waals surface area contributed by atoms with Gasteiger partial charge in [0.2, 0.25) is 0 Å². The van der Waals surface area contributed by atoms with Crippen LogP contribution in [0, 0.1) is 0 Å². The van der Waals surface area contributed by atoms with Gasteiger partial charge < -0.3 is 7.59 Å². The van der Waals surface area contributed by atoms with Crippen LogP contribution in [-0.2, 0) is 4.74 Å². The first-order valence-electron chi connectivity index (χ1n) is 6.24. The third-order valence-electron chi connectivity index (χ3n) is 1.92. The van der Waals surface area contributed by atoms with Gasteiger partial charge >= 0.3 is 23.1 Å². The smallest absolute Gasteiger partial charge is 1.00 e.